The lowest BCUT2D eigenvalue weighted by Gasteiger charge is -2.49. The van der Waals surface area contributed by atoms with E-state index >= 15 is 0 Å². The summed E-state index contributed by atoms with van der Waals surface area (Å²) in [6, 6.07) is -0.351. The fraction of sp³-hybridized carbons (Fsp3) is 0.947. The highest BCUT2D eigenvalue weighted by Crippen LogP contribution is 2.41. The number of ketones is 1. The summed E-state index contributed by atoms with van der Waals surface area (Å²) < 4.78 is 50.5. The van der Waals surface area contributed by atoms with Crippen LogP contribution in [0.15, 0.2) is 0 Å². The Morgan fingerprint density at radius 1 is 0.906 bits per heavy atom. The van der Waals surface area contributed by atoms with Crippen molar-refractivity contribution in [2.24, 2.45) is 23.7 Å². The standard InChI is InChI=1S/C38H68FNO13/c1-19-17-36(7,46)33(53-35-29(42)25(40(10)11)16-20(2)49-35)22(4)30(52-27-18-37(8,48-12)32(44)24(6)50-27)23(5)34(45)51-26(14-13-15-39)38(9,47)31(43)21(3)28(19)41/h19-27,29-33,35,42-44,46-47H,13-18H2,1-12H3/t19-,20-,21+,22+,23-,24+,25+,26-,27+,29-,30?,31-,32+,33-,35+,36-,37-,38-/m1/s1. The summed E-state index contributed by atoms with van der Waals surface area (Å²) >= 11 is 0. The topological polar surface area (TPSA) is 194 Å². The van der Waals surface area contributed by atoms with Gasteiger partial charge in [0.2, 0.25) is 0 Å². The van der Waals surface area contributed by atoms with Gasteiger partial charge in [-0.25, -0.2) is 0 Å². The quantitative estimate of drug-likeness (QED) is 0.214. The van der Waals surface area contributed by atoms with Crippen molar-refractivity contribution in [3.63, 3.8) is 0 Å². The highest BCUT2D eigenvalue weighted by molar-refractivity contribution is 5.83. The molecule has 3 aliphatic rings. The van der Waals surface area contributed by atoms with E-state index in [4.69, 9.17) is 28.4 Å². The average Bonchev–Trinajstić information content (AvgIpc) is 3.08. The third-order valence-corrected chi connectivity index (χ3v) is 12.1. The average molecular weight is 766 g/mol. The van der Waals surface area contributed by atoms with Crippen molar-refractivity contribution in [3.8, 4) is 0 Å². The first-order valence-corrected chi connectivity index (χ1v) is 19.1. The Kier molecular flexibility index (Phi) is 15.9. The Morgan fingerprint density at radius 3 is 2.09 bits per heavy atom. The molecule has 310 valence electrons. The highest BCUT2D eigenvalue weighted by Gasteiger charge is 2.53. The smallest absolute Gasteiger partial charge is 0.311 e. The number of aliphatic hydroxyl groups excluding tert-OH is 3. The van der Waals surface area contributed by atoms with Crippen LogP contribution in [-0.2, 0) is 38.0 Å². The van der Waals surface area contributed by atoms with E-state index in [2.05, 4.69) is 0 Å². The number of Topliss-reactive ketones (excluding diaryl/α,β-unsaturated/α-hetero) is 1. The SMILES string of the molecule is CO[C@]1(C)C[C@H](OC2[C@@H](C)C(=O)O[C@H](CCCF)[C@@](C)(O)[C@H](O)[C@@H](C)C(=O)[C@H](C)C[C@@](C)(O)[C@H](O[C@@H]3O[C@H](C)C[C@H](N(C)C)[C@H]3O)[C@H]2C)O[C@@H](C)[C@@H]1O. The lowest BCUT2D eigenvalue weighted by molar-refractivity contribution is -0.318. The van der Waals surface area contributed by atoms with E-state index in [1.54, 1.807) is 34.6 Å². The van der Waals surface area contributed by atoms with Crippen LogP contribution in [0.2, 0.25) is 0 Å². The molecule has 0 bridgehead atoms. The number of esters is 1. The molecule has 15 heteroatoms. The number of nitrogens with zero attached hydrogens (tertiary/aromatic N) is 1. The van der Waals surface area contributed by atoms with Gasteiger partial charge in [-0.3, -0.25) is 14.0 Å². The van der Waals surface area contributed by atoms with Crippen LogP contribution < -0.4 is 0 Å². The minimum Gasteiger partial charge on any atom is -0.459 e. The van der Waals surface area contributed by atoms with E-state index in [1.165, 1.54) is 27.9 Å². The second-order valence-corrected chi connectivity index (χ2v) is 16.9. The summed E-state index contributed by atoms with van der Waals surface area (Å²) in [7, 11) is 5.12. The van der Waals surface area contributed by atoms with Crippen LogP contribution in [0.3, 0.4) is 0 Å². The molecule has 0 aromatic rings. The van der Waals surface area contributed by atoms with E-state index in [-0.39, 0.29) is 37.8 Å². The van der Waals surface area contributed by atoms with Crippen molar-refractivity contribution in [1.82, 2.24) is 4.90 Å². The number of ether oxygens (including phenoxy) is 6. The Morgan fingerprint density at radius 2 is 1.53 bits per heavy atom. The van der Waals surface area contributed by atoms with Gasteiger partial charge < -0.3 is 58.9 Å². The first-order valence-electron chi connectivity index (χ1n) is 19.1. The number of alkyl halides is 1. The third-order valence-electron chi connectivity index (χ3n) is 12.1. The third kappa shape index (κ3) is 10.3. The number of hydrogen-bond donors (Lipinski definition) is 5. The van der Waals surface area contributed by atoms with Crippen molar-refractivity contribution in [3.05, 3.63) is 0 Å². The zero-order valence-electron chi connectivity index (χ0n) is 33.7. The zero-order valence-corrected chi connectivity index (χ0v) is 33.7. The van der Waals surface area contributed by atoms with Gasteiger partial charge in [-0.1, -0.05) is 20.8 Å². The second kappa shape index (κ2) is 18.3. The first kappa shape index (κ1) is 46.0. The van der Waals surface area contributed by atoms with Gasteiger partial charge in [-0.2, -0.15) is 0 Å². The Balaban J connectivity index is 2.20. The van der Waals surface area contributed by atoms with Gasteiger partial charge in [-0.05, 0) is 81.3 Å². The molecule has 0 saturated carbocycles. The summed E-state index contributed by atoms with van der Waals surface area (Å²) in [6.45, 7) is 13.5. The molecule has 3 rings (SSSR count). The second-order valence-electron chi connectivity index (χ2n) is 16.9. The first-order chi connectivity index (χ1) is 24.4. The number of methoxy groups -OCH3 is 1. The number of carbonyl (C=O) groups is 2. The molecule has 0 aromatic carbocycles. The lowest BCUT2D eigenvalue weighted by atomic mass is 9.74. The van der Waals surface area contributed by atoms with Gasteiger partial charge in [0.1, 0.15) is 29.7 Å². The maximum Gasteiger partial charge on any atom is 0.311 e. The summed E-state index contributed by atoms with van der Waals surface area (Å²) in [5, 5.41) is 57.8. The maximum absolute atomic E-state index is 14.2. The van der Waals surface area contributed by atoms with Gasteiger partial charge in [0.25, 0.3) is 0 Å². The largest absolute Gasteiger partial charge is 0.459 e. The fourth-order valence-electron chi connectivity index (χ4n) is 8.53. The number of halogens is 1. The van der Waals surface area contributed by atoms with Crippen molar-refractivity contribution in [2.75, 3.05) is 27.9 Å². The number of carbonyl (C=O) groups excluding carboxylic acids is 2. The molecule has 53 heavy (non-hydrogen) atoms. The van der Waals surface area contributed by atoms with Crippen molar-refractivity contribution < 1.29 is 67.9 Å². The molecule has 3 fully saturated rings. The van der Waals surface area contributed by atoms with Gasteiger partial charge >= 0.3 is 5.97 Å². The number of likely N-dealkylation sites (N-methyl/N-ethyl adjacent to an activating group) is 1. The summed E-state index contributed by atoms with van der Waals surface area (Å²) in [6.07, 6.45) is -10.9. The molecule has 3 aliphatic heterocycles. The minimum absolute atomic E-state index is 0.0534. The van der Waals surface area contributed by atoms with Gasteiger partial charge in [-0.15, -0.1) is 0 Å². The van der Waals surface area contributed by atoms with E-state index in [0.717, 1.165) is 0 Å². The Hall–Kier alpha value is -1.37. The molecule has 0 amide bonds. The van der Waals surface area contributed by atoms with Crippen LogP contribution in [0.4, 0.5) is 4.39 Å². The molecule has 0 spiro atoms. The molecule has 3 saturated heterocycles. The van der Waals surface area contributed by atoms with Crippen molar-refractivity contribution in [1.29, 1.82) is 0 Å². The Bertz CT molecular complexity index is 1210. The molecule has 0 aliphatic carbocycles. The summed E-state index contributed by atoms with van der Waals surface area (Å²) in [4.78, 5) is 29.9. The van der Waals surface area contributed by atoms with Crippen LogP contribution in [-0.4, -0.2) is 154 Å². The molecule has 0 aromatic heterocycles. The number of aliphatic hydroxyl groups is 5. The van der Waals surface area contributed by atoms with E-state index in [0.29, 0.717) is 6.42 Å². The number of hydrogen-bond acceptors (Lipinski definition) is 14. The lowest BCUT2D eigenvalue weighted by Crippen LogP contribution is -2.61. The maximum atomic E-state index is 14.2. The predicted octanol–water partition coefficient (Wildman–Crippen LogP) is 2.13. The molecule has 14 nitrogen and oxygen atoms in total. The van der Waals surface area contributed by atoms with Crippen LogP contribution in [0, 0.1) is 23.7 Å². The number of cyclic esters (lactones) is 1. The van der Waals surface area contributed by atoms with Crippen molar-refractivity contribution >= 4 is 11.8 Å². The summed E-state index contributed by atoms with van der Waals surface area (Å²) in [5.74, 6) is -5.46. The monoisotopic (exact) mass is 765 g/mol. The minimum atomic E-state index is -2.16. The van der Waals surface area contributed by atoms with Gasteiger partial charge in [0, 0.05) is 37.3 Å². The van der Waals surface area contributed by atoms with Crippen molar-refractivity contribution in [2.45, 2.75) is 179 Å². The molecule has 1 unspecified atom stereocenters. The highest BCUT2D eigenvalue weighted by atomic mass is 19.1. The molecular formula is C38H68FNO13. The van der Waals surface area contributed by atoms with Crippen LogP contribution >= 0.6 is 0 Å². The molecule has 3 heterocycles. The van der Waals surface area contributed by atoms with E-state index < -0.39 is 114 Å². The molecule has 18 atom stereocenters. The van der Waals surface area contributed by atoms with Crippen LogP contribution in [0.5, 0.6) is 0 Å². The van der Waals surface area contributed by atoms with Crippen LogP contribution in [0.25, 0.3) is 0 Å². The predicted molar refractivity (Wildman–Crippen MR) is 191 cm³/mol. The Labute approximate surface area is 314 Å². The molecular weight excluding hydrogens is 697 g/mol. The summed E-state index contributed by atoms with van der Waals surface area (Å²) in [5.41, 5.74) is -5.09. The van der Waals surface area contributed by atoms with Gasteiger partial charge in [0.15, 0.2) is 12.6 Å². The van der Waals surface area contributed by atoms with E-state index in [1.807, 2.05) is 25.9 Å². The molecule has 5 N–H and O–H groups in total. The molecule has 0 radical (unpaired) electrons. The fourth-order valence-corrected chi connectivity index (χ4v) is 8.53. The number of rotatable bonds is 9. The van der Waals surface area contributed by atoms with Crippen LogP contribution in [0.1, 0.15) is 94.4 Å². The normalized spacial score (nSPS) is 48.3. The van der Waals surface area contributed by atoms with E-state index in [9.17, 15) is 39.5 Å². The van der Waals surface area contributed by atoms with Gasteiger partial charge in [0.05, 0.1) is 54.3 Å². The zero-order chi connectivity index (χ0) is 40.4.